The summed E-state index contributed by atoms with van der Waals surface area (Å²) in [6.07, 6.45) is 9.89. The average Bonchev–Trinajstić information content (AvgIpc) is 2.65. The monoisotopic (exact) mass is 364 g/mol. The molecule has 3 heterocycles. The summed E-state index contributed by atoms with van der Waals surface area (Å²) in [4.78, 5) is 21.0. The summed E-state index contributed by atoms with van der Waals surface area (Å²) in [5.74, 6) is 0.101. The van der Waals surface area contributed by atoms with Gasteiger partial charge in [-0.25, -0.2) is 0 Å². The number of aromatic nitrogens is 1. The number of hydrogen-bond acceptors (Lipinski definition) is 4. The number of piperidine rings is 1. The van der Waals surface area contributed by atoms with E-state index in [9.17, 15) is 4.79 Å². The van der Waals surface area contributed by atoms with Crippen molar-refractivity contribution in [1.29, 1.82) is 0 Å². The predicted octanol–water partition coefficient (Wildman–Crippen LogP) is 2.73. The topological polar surface area (TPSA) is 48.5 Å². The Balaban J connectivity index is 1.32. The lowest BCUT2D eigenvalue weighted by Crippen LogP contribution is -2.58. The van der Waals surface area contributed by atoms with E-state index in [1.165, 1.54) is 41.4 Å². The first-order valence-corrected chi connectivity index (χ1v) is 10.3. The lowest BCUT2D eigenvalue weighted by atomic mass is 9.83. The van der Waals surface area contributed by atoms with E-state index in [4.69, 9.17) is 0 Å². The molecular formula is C22H28N4O. The van der Waals surface area contributed by atoms with Gasteiger partial charge in [-0.15, -0.1) is 0 Å². The summed E-state index contributed by atoms with van der Waals surface area (Å²) in [6.45, 7) is 5.06. The lowest BCUT2D eigenvalue weighted by Gasteiger charge is -2.49. The van der Waals surface area contributed by atoms with Crippen LogP contribution in [0.2, 0.25) is 0 Å². The number of carbonyl (C=O) groups excluding carboxylic acids is 1. The van der Waals surface area contributed by atoms with Crippen molar-refractivity contribution in [3.05, 3.63) is 36.2 Å². The molecule has 0 radical (unpaired) electrons. The minimum atomic E-state index is 0.101. The van der Waals surface area contributed by atoms with Gasteiger partial charge in [-0.3, -0.25) is 14.7 Å². The van der Waals surface area contributed by atoms with Crippen molar-refractivity contribution in [2.24, 2.45) is 0 Å². The zero-order valence-corrected chi connectivity index (χ0v) is 16.0. The molecule has 0 spiro atoms. The van der Waals surface area contributed by atoms with E-state index in [1.807, 2.05) is 12.4 Å². The van der Waals surface area contributed by atoms with Gasteiger partial charge in [-0.2, -0.15) is 0 Å². The molecule has 5 rings (SSSR count). The van der Waals surface area contributed by atoms with Crippen LogP contribution in [0.4, 0.5) is 5.69 Å². The van der Waals surface area contributed by atoms with E-state index in [2.05, 4.69) is 38.3 Å². The highest BCUT2D eigenvalue weighted by Gasteiger charge is 2.37. The van der Waals surface area contributed by atoms with E-state index in [0.717, 1.165) is 32.4 Å². The SMILES string of the molecule is CC(=O)NC1CC(N2CCCC(N3CCc4cncc5cccc3c45)C2)C1. The van der Waals surface area contributed by atoms with Crippen LogP contribution in [0, 0.1) is 0 Å². The first-order valence-electron chi connectivity index (χ1n) is 10.3. The maximum atomic E-state index is 11.2. The van der Waals surface area contributed by atoms with E-state index in [0.29, 0.717) is 18.1 Å². The van der Waals surface area contributed by atoms with Crippen LogP contribution in [0.5, 0.6) is 0 Å². The van der Waals surface area contributed by atoms with Gasteiger partial charge in [0.25, 0.3) is 0 Å². The highest BCUT2D eigenvalue weighted by molar-refractivity contribution is 5.97. The van der Waals surface area contributed by atoms with Crippen molar-refractivity contribution in [2.75, 3.05) is 24.5 Å². The van der Waals surface area contributed by atoms with Crippen LogP contribution in [0.1, 0.15) is 38.2 Å². The molecule has 1 amide bonds. The van der Waals surface area contributed by atoms with Gasteiger partial charge in [-0.1, -0.05) is 12.1 Å². The number of nitrogens with one attached hydrogen (secondary N) is 1. The Bertz CT molecular complexity index is 855. The third-order valence-corrected chi connectivity index (χ3v) is 6.68. The third kappa shape index (κ3) is 3.08. The van der Waals surface area contributed by atoms with Gasteiger partial charge in [0.05, 0.1) is 0 Å². The molecule has 1 aromatic heterocycles. The molecule has 1 aliphatic carbocycles. The van der Waals surface area contributed by atoms with Crippen LogP contribution in [-0.4, -0.2) is 53.6 Å². The fraction of sp³-hybridized carbons (Fsp3) is 0.545. The highest BCUT2D eigenvalue weighted by atomic mass is 16.1. The van der Waals surface area contributed by atoms with Crippen molar-refractivity contribution in [2.45, 2.75) is 57.2 Å². The number of likely N-dealkylation sites (tertiary alicyclic amines) is 1. The maximum Gasteiger partial charge on any atom is 0.217 e. The number of amides is 1. The number of rotatable bonds is 3. The number of hydrogen-bond donors (Lipinski definition) is 1. The van der Waals surface area contributed by atoms with Crippen molar-refractivity contribution >= 4 is 22.4 Å². The second-order valence-corrected chi connectivity index (χ2v) is 8.43. The van der Waals surface area contributed by atoms with Crippen molar-refractivity contribution < 1.29 is 4.79 Å². The summed E-state index contributed by atoms with van der Waals surface area (Å²) in [6, 6.07) is 8.26. The molecule has 2 aliphatic heterocycles. The van der Waals surface area contributed by atoms with Gasteiger partial charge >= 0.3 is 0 Å². The Morgan fingerprint density at radius 2 is 2.07 bits per heavy atom. The number of anilines is 1. The molecule has 142 valence electrons. The molecule has 1 unspecified atom stereocenters. The number of benzene rings is 1. The molecule has 5 nitrogen and oxygen atoms in total. The smallest absolute Gasteiger partial charge is 0.217 e. The zero-order valence-electron chi connectivity index (χ0n) is 16.0. The van der Waals surface area contributed by atoms with Gasteiger partial charge in [-0.05, 0) is 50.3 Å². The maximum absolute atomic E-state index is 11.2. The molecule has 1 saturated heterocycles. The molecule has 1 atom stereocenters. The van der Waals surface area contributed by atoms with E-state index < -0.39 is 0 Å². The first kappa shape index (κ1) is 17.0. The van der Waals surface area contributed by atoms with Crippen LogP contribution in [0.15, 0.2) is 30.6 Å². The fourth-order valence-corrected chi connectivity index (χ4v) is 5.32. The van der Waals surface area contributed by atoms with Gasteiger partial charge in [0.2, 0.25) is 5.91 Å². The van der Waals surface area contributed by atoms with Crippen LogP contribution >= 0.6 is 0 Å². The van der Waals surface area contributed by atoms with Crippen LogP contribution in [-0.2, 0) is 11.2 Å². The molecular weight excluding hydrogens is 336 g/mol. The van der Waals surface area contributed by atoms with Gasteiger partial charge in [0.15, 0.2) is 0 Å². The molecule has 1 saturated carbocycles. The van der Waals surface area contributed by atoms with E-state index in [1.54, 1.807) is 6.92 Å². The van der Waals surface area contributed by atoms with E-state index >= 15 is 0 Å². The minimum absolute atomic E-state index is 0.101. The molecule has 0 bridgehead atoms. The Morgan fingerprint density at radius 3 is 2.93 bits per heavy atom. The van der Waals surface area contributed by atoms with Gasteiger partial charge < -0.3 is 10.2 Å². The quantitative estimate of drug-likeness (QED) is 0.910. The first-order chi connectivity index (χ1) is 13.2. The Morgan fingerprint density at radius 1 is 1.19 bits per heavy atom. The van der Waals surface area contributed by atoms with Crippen molar-refractivity contribution in [3.63, 3.8) is 0 Å². The summed E-state index contributed by atoms with van der Waals surface area (Å²) >= 11 is 0. The van der Waals surface area contributed by atoms with Gasteiger partial charge in [0, 0.05) is 67.0 Å². The zero-order chi connectivity index (χ0) is 18.4. The van der Waals surface area contributed by atoms with Crippen LogP contribution < -0.4 is 10.2 Å². The Hall–Kier alpha value is -2.14. The molecule has 27 heavy (non-hydrogen) atoms. The van der Waals surface area contributed by atoms with Crippen molar-refractivity contribution in [1.82, 2.24) is 15.2 Å². The number of pyridine rings is 1. The normalized spacial score (nSPS) is 28.0. The lowest BCUT2D eigenvalue weighted by molar-refractivity contribution is -0.120. The van der Waals surface area contributed by atoms with Crippen LogP contribution in [0.25, 0.3) is 10.8 Å². The minimum Gasteiger partial charge on any atom is -0.366 e. The van der Waals surface area contributed by atoms with Crippen molar-refractivity contribution in [3.8, 4) is 0 Å². The molecule has 5 heteroatoms. The summed E-state index contributed by atoms with van der Waals surface area (Å²) in [5.41, 5.74) is 2.79. The standard InChI is InChI=1S/C22H28N4O/c1-15(27)24-18-10-20(11-18)25-8-3-5-19(14-25)26-9-7-17-13-23-12-16-4-2-6-21(26)22(16)17/h2,4,6,12-13,18-20H,3,5,7-11,14H2,1H3,(H,24,27). The Kier molecular flexibility index (Phi) is 4.27. The highest BCUT2D eigenvalue weighted by Crippen LogP contribution is 2.37. The molecule has 2 fully saturated rings. The predicted molar refractivity (Wildman–Crippen MR) is 108 cm³/mol. The van der Waals surface area contributed by atoms with Crippen LogP contribution in [0.3, 0.4) is 0 Å². The second kappa shape index (κ2) is 6.79. The molecule has 2 aromatic rings. The fourth-order valence-electron chi connectivity index (χ4n) is 5.32. The third-order valence-electron chi connectivity index (χ3n) is 6.68. The largest absolute Gasteiger partial charge is 0.366 e. The van der Waals surface area contributed by atoms with Gasteiger partial charge in [0.1, 0.15) is 0 Å². The molecule has 1 aromatic carbocycles. The average molecular weight is 364 g/mol. The van der Waals surface area contributed by atoms with E-state index in [-0.39, 0.29) is 5.91 Å². The summed E-state index contributed by atoms with van der Waals surface area (Å²) < 4.78 is 0. The molecule has 3 aliphatic rings. The number of carbonyl (C=O) groups is 1. The Labute approximate surface area is 160 Å². The molecule has 1 N–H and O–H groups in total. The summed E-state index contributed by atoms with van der Waals surface area (Å²) in [7, 11) is 0. The summed E-state index contributed by atoms with van der Waals surface area (Å²) in [5, 5.41) is 5.74. The second-order valence-electron chi connectivity index (χ2n) is 8.43. The number of nitrogens with zero attached hydrogens (tertiary/aromatic N) is 3.